The normalized spacial score (nSPS) is 12.0. The van der Waals surface area contributed by atoms with Gasteiger partial charge < -0.3 is 117 Å². The third-order valence-electron chi connectivity index (χ3n) is 17.0. The number of methoxy groups -OCH3 is 6. The maximum Gasteiger partial charge on any atom is 0.192 e. The molecule has 0 amide bonds. The second-order valence-electron chi connectivity index (χ2n) is 26.0. The van der Waals surface area contributed by atoms with Gasteiger partial charge in [0.15, 0.2) is 55.1 Å². The van der Waals surface area contributed by atoms with E-state index in [9.17, 15) is 0 Å². The second kappa shape index (κ2) is 50.8. The Bertz CT molecular complexity index is 4950. The second-order valence-corrected chi connectivity index (χ2v) is 33.2. The molecular weight excluding hydrogens is 1700 g/mol. The van der Waals surface area contributed by atoms with Crippen LogP contribution in [0.2, 0.25) is 0 Å². The molecule has 41 heteroatoms. The summed E-state index contributed by atoms with van der Waals surface area (Å²) < 4.78 is 82.4. The number of hydrogen-bond acceptors (Lipinski definition) is 41. The average molecular weight is 1810 g/mol. The minimum atomic E-state index is -0.254. The summed E-state index contributed by atoms with van der Waals surface area (Å²) in [7, 11) is 9.77. The number of thioether (sulfide) groups is 4. The standard InChI is InChI=1S/C33H39N9O5S3.C25H33N5O5S2.C23H31N5O5S2/c1-43-10-11-45-12-13-46-14-15-47-24-16-21(8-9-23(24)44-2)31-38-22(19-48-32-39-25(34)17-26(35)40-32)30(49-31)29(20-6-4-3-5-7-20)50-33-41-27(36)18-28(37)42-33;1-31-7-8-33-9-10-34-11-12-35-20-13-17(5-6-19(20)32-2)24-28-18(23(37-24)16-3-4-16)15-36-25-29-21(26)14-22(27)30-25;1-15-17(14-34-23-27-20(24)13-21(25)28-23)26-22(35-15)16-4-5-18(30-3)19(12-16)33-11-10-32-9-8-31-7-6-29-2/h3-9,16-18,29H,10-15,19H2,1-2H3,(H4,34,35,39,40)(H4,36,37,41,42);5-6,13-14,16H,3-4,7-12,15H2,1-2H3,(H4,26,27,29,30);4-5,12-13H,6-11,14H2,1-3H3,(H4,24,25,27,28). The summed E-state index contributed by atoms with van der Waals surface area (Å²) in [5.41, 5.74) is 53.8. The van der Waals surface area contributed by atoms with Crippen molar-refractivity contribution in [2.75, 3.05) is 207 Å². The van der Waals surface area contributed by atoms with E-state index < -0.39 is 0 Å². The molecule has 4 aromatic carbocycles. The van der Waals surface area contributed by atoms with Gasteiger partial charge in [-0.15, -0.1) is 34.0 Å². The first-order valence-electron chi connectivity index (χ1n) is 38.4. The molecule has 7 heterocycles. The molecule has 1 unspecified atom stereocenters. The Labute approximate surface area is 737 Å². The maximum atomic E-state index is 6.10. The fourth-order valence-corrected chi connectivity index (χ4v) is 18.5. The number of rotatable bonds is 50. The van der Waals surface area contributed by atoms with E-state index in [4.69, 9.17) is 132 Å². The lowest BCUT2D eigenvalue weighted by molar-refractivity contribution is 0.0178. The maximum absolute atomic E-state index is 6.10. The number of thiazole rings is 3. The Hall–Kier alpha value is -9.67. The lowest BCUT2D eigenvalue weighted by Gasteiger charge is -2.16. The molecule has 16 N–H and O–H groups in total. The Morgan fingerprint density at radius 2 is 0.656 bits per heavy atom. The van der Waals surface area contributed by atoms with Gasteiger partial charge >= 0.3 is 0 Å². The van der Waals surface area contributed by atoms with Crippen molar-refractivity contribution in [3.05, 3.63) is 146 Å². The summed E-state index contributed by atoms with van der Waals surface area (Å²) in [6, 6.07) is 33.6. The Morgan fingerprint density at radius 1 is 0.336 bits per heavy atom. The van der Waals surface area contributed by atoms with E-state index in [2.05, 4.69) is 52.0 Å². The van der Waals surface area contributed by atoms with E-state index in [1.165, 1.54) is 83.0 Å². The van der Waals surface area contributed by atoms with Gasteiger partial charge in [0, 0.05) is 94.2 Å². The van der Waals surface area contributed by atoms with E-state index >= 15 is 0 Å². The predicted molar refractivity (Wildman–Crippen MR) is 482 cm³/mol. The van der Waals surface area contributed by atoms with E-state index in [0.717, 1.165) is 64.1 Å². The third-order valence-corrected chi connectivity index (χ3v) is 24.4. The molecule has 654 valence electrons. The van der Waals surface area contributed by atoms with Crippen LogP contribution in [0.15, 0.2) is 130 Å². The van der Waals surface area contributed by atoms with Crippen LogP contribution in [0, 0.1) is 6.92 Å². The molecule has 1 fully saturated rings. The molecule has 1 saturated carbocycles. The smallest absolute Gasteiger partial charge is 0.192 e. The zero-order valence-corrected chi connectivity index (χ0v) is 74.5. The van der Waals surface area contributed by atoms with Crippen molar-refractivity contribution in [2.24, 2.45) is 0 Å². The van der Waals surface area contributed by atoms with Gasteiger partial charge in [-0.05, 0) is 85.8 Å². The van der Waals surface area contributed by atoms with Gasteiger partial charge in [0.05, 0.1) is 143 Å². The number of aromatic nitrogens is 11. The molecule has 0 saturated heterocycles. The van der Waals surface area contributed by atoms with E-state index in [1.54, 1.807) is 82.7 Å². The molecule has 0 radical (unpaired) electrons. The molecule has 7 aromatic heterocycles. The summed E-state index contributed by atoms with van der Waals surface area (Å²) in [6.45, 7) is 10.7. The minimum absolute atomic E-state index is 0.254. The molecule has 34 nitrogen and oxygen atoms in total. The first-order valence-corrected chi connectivity index (χ1v) is 44.7. The molecule has 1 aliphatic rings. The zero-order valence-electron chi connectivity index (χ0n) is 68.8. The van der Waals surface area contributed by atoms with Gasteiger partial charge in [0.1, 0.15) is 81.4 Å². The van der Waals surface area contributed by atoms with Crippen molar-refractivity contribution in [3.63, 3.8) is 0 Å². The SMILES string of the molecule is COCCOCCOCCOc1cc(-c2nc(CSc3nc(N)cc(N)n3)c(C(Sc3nc(N)cc(N)n3)c3ccccc3)s2)ccc1OC.COCCOCCOCCOc1cc(-c2nc(CSc3nc(N)cc(N)n3)c(C)s2)ccc1OC.COCCOCCOCCOc1cc(-c2nc(CSc3nc(N)cc(N)n3)c(C3CC3)s2)ccc1OC. The van der Waals surface area contributed by atoms with Crippen LogP contribution in [0.3, 0.4) is 0 Å². The fraction of sp³-hybridized carbons (Fsp3) is 0.395. The van der Waals surface area contributed by atoms with Gasteiger partial charge in [-0.1, -0.05) is 77.4 Å². The summed E-state index contributed by atoms with van der Waals surface area (Å²) >= 11 is 10.7. The van der Waals surface area contributed by atoms with Crippen LogP contribution in [-0.2, 0) is 59.9 Å². The van der Waals surface area contributed by atoms with Gasteiger partial charge in [-0.2, -0.15) is 0 Å². The number of anilines is 8. The van der Waals surface area contributed by atoms with Crippen LogP contribution in [0.5, 0.6) is 34.5 Å². The fourth-order valence-electron chi connectivity index (χ4n) is 11.0. The molecular formula is C81H103N19O15S7. The number of aryl methyl sites for hydroxylation is 1. The monoisotopic (exact) mass is 1810 g/mol. The van der Waals surface area contributed by atoms with E-state index in [-0.39, 0.29) is 16.9 Å². The van der Waals surface area contributed by atoms with Crippen molar-refractivity contribution in [2.45, 2.75) is 68.8 Å². The van der Waals surface area contributed by atoms with Gasteiger partial charge in [-0.3, -0.25) is 0 Å². The lowest BCUT2D eigenvalue weighted by atomic mass is 10.1. The highest BCUT2D eigenvalue weighted by Crippen LogP contribution is 2.50. The van der Waals surface area contributed by atoms with E-state index in [1.807, 2.05) is 79.7 Å². The molecule has 1 atom stereocenters. The first kappa shape index (κ1) is 94.6. The highest BCUT2D eigenvalue weighted by atomic mass is 32.2. The third kappa shape index (κ3) is 31.0. The van der Waals surface area contributed by atoms with Crippen molar-refractivity contribution >= 4 is 128 Å². The van der Waals surface area contributed by atoms with Crippen molar-refractivity contribution in [1.29, 1.82) is 0 Å². The van der Waals surface area contributed by atoms with Crippen LogP contribution in [0.1, 0.15) is 61.3 Å². The summed E-state index contributed by atoms with van der Waals surface area (Å²) in [5, 5.41) is 4.33. The number of benzene rings is 4. The van der Waals surface area contributed by atoms with Gasteiger partial charge in [0.25, 0.3) is 0 Å². The minimum Gasteiger partial charge on any atom is -0.493 e. The zero-order chi connectivity index (χ0) is 86.4. The quantitative estimate of drug-likeness (QED) is 0.00997. The highest BCUT2D eigenvalue weighted by molar-refractivity contribution is 8.00. The van der Waals surface area contributed by atoms with Crippen molar-refractivity contribution < 1.29 is 71.1 Å². The molecule has 11 aromatic rings. The van der Waals surface area contributed by atoms with Crippen LogP contribution in [0.25, 0.3) is 31.7 Å². The summed E-state index contributed by atoms with van der Waals surface area (Å²) in [4.78, 5) is 52.9. The topological polar surface area (TPSA) is 488 Å². The Kier molecular flexibility index (Phi) is 39.4. The number of nitrogens with zero attached hydrogens (tertiary/aromatic N) is 11. The number of nitrogens with two attached hydrogens (primary N) is 8. The molecule has 122 heavy (non-hydrogen) atoms. The molecule has 0 spiro atoms. The molecule has 1 aliphatic carbocycles. The Balaban J connectivity index is 0.000000196. The summed E-state index contributed by atoms with van der Waals surface area (Å²) in [5.74, 6) is 8.61. The van der Waals surface area contributed by atoms with Crippen LogP contribution in [-0.4, -0.2) is 216 Å². The highest BCUT2D eigenvalue weighted by Gasteiger charge is 2.31. The summed E-state index contributed by atoms with van der Waals surface area (Å²) in [6.07, 6.45) is 2.38. The number of hydrogen-bond donors (Lipinski definition) is 8. The predicted octanol–water partition coefficient (Wildman–Crippen LogP) is 12.4. The number of nitrogen functional groups attached to an aromatic ring is 8. The van der Waals surface area contributed by atoms with Crippen molar-refractivity contribution in [1.82, 2.24) is 54.8 Å². The average Bonchev–Trinajstić information content (AvgIpc) is 1.64. The van der Waals surface area contributed by atoms with Crippen molar-refractivity contribution in [3.8, 4) is 66.2 Å². The van der Waals surface area contributed by atoms with Gasteiger partial charge in [-0.25, -0.2) is 54.8 Å². The number of ether oxygens (including phenoxy) is 15. The largest absolute Gasteiger partial charge is 0.493 e. The van der Waals surface area contributed by atoms with Crippen LogP contribution < -0.4 is 74.3 Å². The first-order chi connectivity index (χ1) is 59.4. The van der Waals surface area contributed by atoms with Gasteiger partial charge in [0.2, 0.25) is 0 Å². The Morgan fingerprint density at radius 3 is 1.02 bits per heavy atom. The molecule has 0 aliphatic heterocycles. The molecule has 12 rings (SSSR count). The lowest BCUT2D eigenvalue weighted by Crippen LogP contribution is -2.12. The van der Waals surface area contributed by atoms with Crippen LogP contribution in [0.4, 0.5) is 46.5 Å². The molecule has 0 bridgehead atoms. The van der Waals surface area contributed by atoms with Crippen LogP contribution >= 0.6 is 81.1 Å². The van der Waals surface area contributed by atoms with E-state index in [0.29, 0.717) is 232 Å².